The van der Waals surface area contributed by atoms with Gasteiger partial charge in [-0.15, -0.1) is 0 Å². The minimum Gasteiger partial charge on any atom is -0.481 e. The molecule has 4 fully saturated rings. The summed E-state index contributed by atoms with van der Waals surface area (Å²) in [5.41, 5.74) is 5.51. The molecule has 1 aromatic rings. The Morgan fingerprint density at radius 3 is 2.32 bits per heavy atom. The highest BCUT2D eigenvalue weighted by Crippen LogP contribution is 2.75. The number of esters is 2. The molecule has 2 bridgehead atoms. The maximum absolute atomic E-state index is 13.7. The lowest BCUT2D eigenvalue weighted by Gasteiger charge is -2.71. The van der Waals surface area contributed by atoms with Gasteiger partial charge in [0, 0.05) is 28.8 Å². The van der Waals surface area contributed by atoms with Gasteiger partial charge in [-0.05, 0) is 116 Å². The van der Waals surface area contributed by atoms with Crippen LogP contribution in [0, 0.1) is 56.7 Å². The zero-order valence-corrected chi connectivity index (χ0v) is 37.5. The molecule has 4 N–H and O–H groups in total. The van der Waals surface area contributed by atoms with Gasteiger partial charge in [0.1, 0.15) is 18.2 Å². The number of carboxylic acids is 1. The quantitative estimate of drug-likeness (QED) is 0.102. The Morgan fingerprint density at radius 2 is 1.68 bits per heavy atom. The second-order valence-corrected chi connectivity index (χ2v) is 22.2. The van der Waals surface area contributed by atoms with Crippen LogP contribution in [0.15, 0.2) is 45.3 Å². The largest absolute Gasteiger partial charge is 0.481 e. The second kappa shape index (κ2) is 15.9. The van der Waals surface area contributed by atoms with E-state index in [4.69, 9.17) is 19.9 Å². The third-order valence-corrected chi connectivity index (χ3v) is 18.3. The monoisotopic (exact) mass is 876 g/mol. The van der Waals surface area contributed by atoms with Crippen molar-refractivity contribution in [2.45, 2.75) is 136 Å². The molecule has 11 nitrogen and oxygen atoms in total. The molecule has 0 spiro atoms. The van der Waals surface area contributed by atoms with Crippen molar-refractivity contribution in [1.29, 1.82) is 0 Å². The number of unbranched alkanes of at least 4 members (excludes halogenated alkanes) is 1. The number of nitrogens with one attached hydrogen (secondary N) is 1. The number of ether oxygens (including phenoxy) is 3. The topological polar surface area (TPSA) is 171 Å². The van der Waals surface area contributed by atoms with Crippen LogP contribution in [-0.4, -0.2) is 69.4 Å². The maximum atomic E-state index is 13.7. The second-order valence-electron chi connectivity index (χ2n) is 19.5. The highest BCUT2D eigenvalue weighted by atomic mass is 79.9. The van der Waals surface area contributed by atoms with E-state index in [0.29, 0.717) is 51.2 Å². The van der Waals surface area contributed by atoms with Crippen molar-refractivity contribution >= 4 is 43.9 Å². The lowest BCUT2D eigenvalue weighted by Crippen LogP contribution is -2.70. The molecule has 1 heterocycles. The Kier molecular flexibility index (Phi) is 12.4. The molecule has 13 heteroatoms. The minimum atomic E-state index is -3.67. The highest BCUT2D eigenvalue weighted by Gasteiger charge is 2.72. The molecule has 4 aliphatic carbocycles. The fourth-order valence-electron chi connectivity index (χ4n) is 12.8. The summed E-state index contributed by atoms with van der Waals surface area (Å²) in [6.45, 7) is 17.9. The van der Waals surface area contributed by atoms with Crippen LogP contribution in [0.2, 0.25) is 0 Å². The molecular formula is C44H65BrN2O9S. The number of carbonyl (C=O) groups is 3. The number of allylic oxidation sites excluding steroid dienone is 1. The standard InChI is InChI=1S/C44H65BrN2O9S/c1-26(2)27(3)40(5)20-21-42(7)31-16-17-35-41(6)24-54-25-44(35,32(31)18-19-43(42,8)36(40)38(49)50)23-34(55-28(4)48)37(41)56-39(51)33(46)11-9-10-22-47-57(52,53)30-14-12-29(45)13-15-30/h12-15,18,26-27,31,33-37,47H,9-11,16-17,19-25,46H2,1-8H3,(H,49,50)/t27-,31+,33?,34-,35+,36-,37+,40-,41+,42-,43+,44+/m1/s1. The van der Waals surface area contributed by atoms with Gasteiger partial charge in [0.25, 0.3) is 0 Å². The molecule has 0 amide bonds. The number of carbonyl (C=O) groups excluding carboxylic acids is 2. The van der Waals surface area contributed by atoms with Crippen LogP contribution in [0.5, 0.6) is 0 Å². The summed E-state index contributed by atoms with van der Waals surface area (Å²) in [5, 5.41) is 11.0. The SMILES string of the molecule is CC(=O)O[C@@H]1C[C@@]23COC[C@@](C)([C@@H]2CC[C@H]2C3=CC[C@@]3(C)[C@H](C(=O)O)[C@@](C)([C@H](C)C(C)C)CC[C@]23C)[C@H]1OC(=O)C(N)CCCCNS(=O)(=O)c1ccc(Br)cc1. The number of carboxylic acid groups (broad SMARTS) is 1. The third kappa shape index (κ3) is 7.45. The fourth-order valence-corrected chi connectivity index (χ4v) is 14.2. The number of halogens is 1. The van der Waals surface area contributed by atoms with Crippen LogP contribution in [0.1, 0.15) is 113 Å². The molecule has 0 radical (unpaired) electrons. The summed E-state index contributed by atoms with van der Waals surface area (Å²) in [7, 11) is -3.67. The molecule has 1 unspecified atom stereocenters. The number of hydrogen-bond donors (Lipinski definition) is 3. The van der Waals surface area contributed by atoms with Crippen molar-refractivity contribution < 1.29 is 42.1 Å². The molecule has 5 aliphatic rings. The molecule has 1 saturated heterocycles. The van der Waals surface area contributed by atoms with Crippen molar-refractivity contribution in [1.82, 2.24) is 4.72 Å². The first-order chi connectivity index (χ1) is 26.6. The molecule has 0 aromatic heterocycles. The van der Waals surface area contributed by atoms with E-state index in [9.17, 15) is 27.9 Å². The van der Waals surface area contributed by atoms with Crippen LogP contribution in [0.25, 0.3) is 0 Å². The smallest absolute Gasteiger partial charge is 0.323 e. The number of sulfonamides is 1. The van der Waals surface area contributed by atoms with Crippen molar-refractivity contribution in [3.05, 3.63) is 40.4 Å². The van der Waals surface area contributed by atoms with Gasteiger partial charge in [-0.25, -0.2) is 13.1 Å². The Balaban J connectivity index is 1.21. The summed E-state index contributed by atoms with van der Waals surface area (Å²) in [6.07, 6.45) is 6.74. The molecule has 318 valence electrons. The van der Waals surface area contributed by atoms with Crippen molar-refractivity contribution in [3.8, 4) is 0 Å². The Morgan fingerprint density at radius 1 is 1.00 bits per heavy atom. The van der Waals surface area contributed by atoms with E-state index >= 15 is 0 Å². The minimum absolute atomic E-state index is 0.0823. The third-order valence-electron chi connectivity index (χ3n) is 16.3. The van der Waals surface area contributed by atoms with Gasteiger partial charge in [-0.3, -0.25) is 14.4 Å². The number of rotatable bonds is 13. The first kappa shape index (κ1) is 44.2. The van der Waals surface area contributed by atoms with Crippen LogP contribution in [0.4, 0.5) is 0 Å². The summed E-state index contributed by atoms with van der Waals surface area (Å²) in [4.78, 5) is 40.1. The summed E-state index contributed by atoms with van der Waals surface area (Å²) in [5.74, 6) is -1.41. The van der Waals surface area contributed by atoms with E-state index in [1.807, 2.05) is 0 Å². The molecule has 12 atom stereocenters. The maximum Gasteiger partial charge on any atom is 0.323 e. The average molecular weight is 878 g/mol. The van der Waals surface area contributed by atoms with E-state index in [0.717, 1.165) is 30.2 Å². The van der Waals surface area contributed by atoms with Gasteiger partial charge in [0.2, 0.25) is 10.0 Å². The molecule has 6 rings (SSSR count). The summed E-state index contributed by atoms with van der Waals surface area (Å²) < 4.78 is 47.7. The van der Waals surface area contributed by atoms with Gasteiger partial charge < -0.3 is 25.1 Å². The average Bonchev–Trinajstić information content (AvgIpc) is 3.12. The summed E-state index contributed by atoms with van der Waals surface area (Å²) >= 11 is 3.32. The van der Waals surface area contributed by atoms with E-state index in [2.05, 4.69) is 75.2 Å². The van der Waals surface area contributed by atoms with E-state index in [1.165, 1.54) is 24.6 Å². The highest BCUT2D eigenvalue weighted by molar-refractivity contribution is 9.10. The predicted octanol–water partition coefficient (Wildman–Crippen LogP) is 7.66. The Labute approximate surface area is 348 Å². The number of nitrogens with two attached hydrogens (primary N) is 1. The number of benzene rings is 1. The molecule has 3 saturated carbocycles. The molecule has 57 heavy (non-hydrogen) atoms. The van der Waals surface area contributed by atoms with Gasteiger partial charge in [0.05, 0.1) is 24.0 Å². The zero-order valence-electron chi connectivity index (χ0n) is 35.1. The lowest BCUT2D eigenvalue weighted by molar-refractivity contribution is -0.263. The first-order valence-corrected chi connectivity index (χ1v) is 23.2. The van der Waals surface area contributed by atoms with Crippen LogP contribution >= 0.6 is 15.9 Å². The van der Waals surface area contributed by atoms with Gasteiger partial charge >= 0.3 is 17.9 Å². The van der Waals surface area contributed by atoms with E-state index < -0.39 is 68.3 Å². The molecular weight excluding hydrogens is 812 g/mol. The predicted molar refractivity (Wildman–Crippen MR) is 220 cm³/mol. The van der Waals surface area contributed by atoms with Gasteiger partial charge in [0.15, 0.2) is 0 Å². The van der Waals surface area contributed by atoms with E-state index in [1.54, 1.807) is 12.1 Å². The van der Waals surface area contributed by atoms with Crippen molar-refractivity contribution in [2.24, 2.45) is 62.4 Å². The first-order valence-electron chi connectivity index (χ1n) is 21.0. The summed E-state index contributed by atoms with van der Waals surface area (Å²) in [6, 6.07) is 5.44. The molecule has 1 aromatic carbocycles. The lowest BCUT2D eigenvalue weighted by atomic mass is 9.34. The van der Waals surface area contributed by atoms with Gasteiger partial charge in [-0.2, -0.15) is 0 Å². The Hall–Kier alpha value is -2.32. The van der Waals surface area contributed by atoms with Crippen LogP contribution in [-0.2, 0) is 38.6 Å². The molecule has 1 aliphatic heterocycles. The van der Waals surface area contributed by atoms with Crippen LogP contribution < -0.4 is 10.5 Å². The number of aliphatic carboxylic acids is 1. The van der Waals surface area contributed by atoms with Crippen LogP contribution in [0.3, 0.4) is 0 Å². The fraction of sp³-hybridized carbons (Fsp3) is 0.750. The van der Waals surface area contributed by atoms with E-state index in [-0.39, 0.29) is 40.0 Å². The normalized spacial score (nSPS) is 38.4. The zero-order chi connectivity index (χ0) is 41.9. The van der Waals surface area contributed by atoms with Gasteiger partial charge in [-0.1, -0.05) is 82.5 Å². The number of hydrogen-bond acceptors (Lipinski definition) is 9. The number of fused-ring (bicyclic) bond motifs is 3. The van der Waals surface area contributed by atoms with Crippen molar-refractivity contribution in [2.75, 3.05) is 19.8 Å². The Bertz CT molecular complexity index is 1850. The van der Waals surface area contributed by atoms with Crippen molar-refractivity contribution in [3.63, 3.8) is 0 Å².